The molecule has 2 amide bonds. The van der Waals surface area contributed by atoms with Crippen molar-refractivity contribution in [1.29, 1.82) is 0 Å². The molecule has 0 bridgehead atoms. The number of nitrogens with zero attached hydrogens (tertiary/aromatic N) is 2. The Bertz CT molecular complexity index is 623. The molecule has 7 nitrogen and oxygen atoms in total. The second kappa shape index (κ2) is 8.12. The minimum atomic E-state index is -4.44. The Morgan fingerprint density at radius 3 is 1.96 bits per heavy atom. The van der Waals surface area contributed by atoms with Gasteiger partial charge in [0.15, 0.2) is 0 Å². The third-order valence-corrected chi connectivity index (χ3v) is 6.22. The van der Waals surface area contributed by atoms with Gasteiger partial charge in [-0.3, -0.25) is 9.59 Å². The van der Waals surface area contributed by atoms with Crippen LogP contribution in [-0.2, 0) is 19.6 Å². The fraction of sp³-hybridized carbons (Fsp3) is 0.867. The van der Waals surface area contributed by atoms with E-state index in [1.54, 1.807) is 4.90 Å². The van der Waals surface area contributed by atoms with Crippen molar-refractivity contribution >= 4 is 21.8 Å². The summed E-state index contributed by atoms with van der Waals surface area (Å²) in [5.74, 6) is -1.46. The minimum absolute atomic E-state index is 0.0627. The summed E-state index contributed by atoms with van der Waals surface area (Å²) in [6, 6.07) is 0. The zero-order chi connectivity index (χ0) is 19.5. The molecule has 0 aliphatic carbocycles. The van der Waals surface area contributed by atoms with Crippen molar-refractivity contribution < 1.29 is 31.2 Å². The smallest absolute Gasteiger partial charge is 0.347 e. The molecule has 0 radical (unpaired) electrons. The average Bonchev–Trinajstić information content (AvgIpc) is 2.58. The van der Waals surface area contributed by atoms with E-state index in [0.717, 1.165) is 6.26 Å². The molecule has 2 fully saturated rings. The van der Waals surface area contributed by atoms with Crippen LogP contribution in [0.1, 0.15) is 25.7 Å². The molecule has 2 heterocycles. The van der Waals surface area contributed by atoms with Crippen molar-refractivity contribution in [2.45, 2.75) is 31.9 Å². The number of nitrogens with one attached hydrogen (secondary N) is 1. The number of piperidine rings is 2. The highest BCUT2D eigenvalue weighted by Gasteiger charge is 2.35. The van der Waals surface area contributed by atoms with Gasteiger partial charge in [-0.1, -0.05) is 0 Å². The van der Waals surface area contributed by atoms with Gasteiger partial charge < -0.3 is 10.2 Å². The van der Waals surface area contributed by atoms with Gasteiger partial charge in [0.25, 0.3) is 0 Å². The number of amides is 2. The lowest BCUT2D eigenvalue weighted by Gasteiger charge is -2.36. The molecule has 0 aromatic rings. The van der Waals surface area contributed by atoms with Crippen LogP contribution in [0.25, 0.3) is 0 Å². The number of halogens is 3. The fourth-order valence-corrected chi connectivity index (χ4v) is 4.26. The molecule has 0 aromatic carbocycles. The molecule has 1 N–H and O–H groups in total. The molecule has 0 saturated carbocycles. The van der Waals surface area contributed by atoms with Crippen LogP contribution < -0.4 is 5.32 Å². The first-order valence-corrected chi connectivity index (χ1v) is 10.4. The monoisotopic (exact) mass is 399 g/mol. The SMILES string of the molecule is CS(=O)(=O)N1CCC(C(=O)N2CCC(C(=O)NCC(F)(F)F)CC2)CC1. The van der Waals surface area contributed by atoms with Gasteiger partial charge in [-0.15, -0.1) is 0 Å². The normalized spacial score (nSPS) is 21.6. The number of carbonyl (C=O) groups excluding carboxylic acids is 2. The van der Waals surface area contributed by atoms with Gasteiger partial charge >= 0.3 is 6.18 Å². The van der Waals surface area contributed by atoms with E-state index < -0.39 is 34.6 Å². The minimum Gasteiger partial charge on any atom is -0.347 e. The molecule has 2 rings (SSSR count). The maximum absolute atomic E-state index is 12.6. The van der Waals surface area contributed by atoms with Crippen molar-refractivity contribution in [3.63, 3.8) is 0 Å². The molecule has 11 heteroatoms. The van der Waals surface area contributed by atoms with Crippen LogP contribution in [-0.4, -0.2) is 74.6 Å². The van der Waals surface area contributed by atoms with Crippen LogP contribution in [0, 0.1) is 11.8 Å². The van der Waals surface area contributed by atoms with E-state index in [9.17, 15) is 31.2 Å². The quantitative estimate of drug-likeness (QED) is 0.749. The summed E-state index contributed by atoms with van der Waals surface area (Å²) < 4.78 is 60.8. The van der Waals surface area contributed by atoms with Crippen LogP contribution in [0.4, 0.5) is 13.2 Å². The molecule has 2 saturated heterocycles. The van der Waals surface area contributed by atoms with Gasteiger partial charge in [0.2, 0.25) is 21.8 Å². The maximum atomic E-state index is 12.6. The Kier molecular flexibility index (Phi) is 6.54. The van der Waals surface area contributed by atoms with E-state index in [1.165, 1.54) is 4.31 Å². The molecule has 150 valence electrons. The maximum Gasteiger partial charge on any atom is 0.405 e. The fourth-order valence-electron chi connectivity index (χ4n) is 3.39. The molecule has 0 spiro atoms. The third kappa shape index (κ3) is 5.83. The van der Waals surface area contributed by atoms with Gasteiger partial charge in [-0.05, 0) is 25.7 Å². The van der Waals surface area contributed by atoms with Crippen LogP contribution in [0.15, 0.2) is 0 Å². The number of sulfonamides is 1. The standard InChI is InChI=1S/C15H24F3N3O4S/c1-26(24,25)21-8-4-12(5-9-21)14(23)20-6-2-11(3-7-20)13(22)19-10-15(16,17)18/h11-12H,2-10H2,1H3,(H,19,22). The Labute approximate surface area is 150 Å². The highest BCUT2D eigenvalue weighted by atomic mass is 32.2. The van der Waals surface area contributed by atoms with Gasteiger partial charge in [0.1, 0.15) is 6.54 Å². The molecule has 26 heavy (non-hydrogen) atoms. The summed E-state index contributed by atoms with van der Waals surface area (Å²) in [5, 5.41) is 1.89. The molecule has 2 aliphatic heterocycles. The van der Waals surface area contributed by atoms with Crippen LogP contribution in [0.5, 0.6) is 0 Å². The Balaban J connectivity index is 1.77. The largest absolute Gasteiger partial charge is 0.405 e. The third-order valence-electron chi connectivity index (χ3n) is 4.91. The van der Waals surface area contributed by atoms with Crippen molar-refractivity contribution in [3.8, 4) is 0 Å². The second-order valence-electron chi connectivity index (χ2n) is 6.87. The van der Waals surface area contributed by atoms with Crippen LogP contribution >= 0.6 is 0 Å². The first-order chi connectivity index (χ1) is 12.0. The molecule has 0 atom stereocenters. The number of likely N-dealkylation sites (tertiary alicyclic amines) is 1. The topological polar surface area (TPSA) is 86.8 Å². The van der Waals surface area contributed by atoms with Gasteiger partial charge in [0.05, 0.1) is 6.26 Å². The molecule has 0 unspecified atom stereocenters. The Morgan fingerprint density at radius 2 is 1.50 bits per heavy atom. The van der Waals surface area contributed by atoms with E-state index in [2.05, 4.69) is 0 Å². The van der Waals surface area contributed by atoms with Crippen LogP contribution in [0.2, 0.25) is 0 Å². The molecule has 2 aliphatic rings. The van der Waals surface area contributed by atoms with Gasteiger partial charge in [0, 0.05) is 38.0 Å². The zero-order valence-corrected chi connectivity index (χ0v) is 15.4. The lowest BCUT2D eigenvalue weighted by Crippen LogP contribution is -2.48. The van der Waals surface area contributed by atoms with Gasteiger partial charge in [-0.2, -0.15) is 13.2 Å². The first-order valence-electron chi connectivity index (χ1n) is 8.56. The number of rotatable bonds is 4. The highest BCUT2D eigenvalue weighted by molar-refractivity contribution is 7.88. The lowest BCUT2D eigenvalue weighted by molar-refractivity contribution is -0.144. The predicted octanol–water partition coefficient (Wildman–Crippen LogP) is 0.575. The summed E-state index contributed by atoms with van der Waals surface area (Å²) in [4.78, 5) is 26.0. The molecule has 0 aromatic heterocycles. The average molecular weight is 399 g/mol. The number of carbonyl (C=O) groups is 2. The predicted molar refractivity (Wildman–Crippen MR) is 87.5 cm³/mol. The Morgan fingerprint density at radius 1 is 1.00 bits per heavy atom. The van der Waals surface area contributed by atoms with Crippen molar-refractivity contribution in [1.82, 2.24) is 14.5 Å². The summed E-state index contributed by atoms with van der Waals surface area (Å²) >= 11 is 0. The summed E-state index contributed by atoms with van der Waals surface area (Å²) in [6.45, 7) is -0.0640. The van der Waals surface area contributed by atoms with E-state index in [-0.39, 0.29) is 11.8 Å². The summed E-state index contributed by atoms with van der Waals surface area (Å²) in [7, 11) is -3.25. The highest BCUT2D eigenvalue weighted by Crippen LogP contribution is 2.25. The molecular formula is C15H24F3N3O4S. The summed E-state index contributed by atoms with van der Waals surface area (Å²) in [6.07, 6.45) is -1.72. The van der Waals surface area contributed by atoms with Crippen molar-refractivity contribution in [3.05, 3.63) is 0 Å². The molecular weight excluding hydrogens is 375 g/mol. The van der Waals surface area contributed by atoms with Gasteiger partial charge in [-0.25, -0.2) is 12.7 Å². The number of hydrogen-bond acceptors (Lipinski definition) is 4. The number of hydrogen-bond donors (Lipinski definition) is 1. The van der Waals surface area contributed by atoms with Crippen molar-refractivity contribution in [2.24, 2.45) is 11.8 Å². The van der Waals surface area contributed by atoms with E-state index in [1.807, 2.05) is 5.32 Å². The summed E-state index contributed by atoms with van der Waals surface area (Å²) in [5.41, 5.74) is 0. The Hall–Kier alpha value is -1.36. The first kappa shape index (κ1) is 20.9. The zero-order valence-electron chi connectivity index (χ0n) is 14.6. The second-order valence-corrected chi connectivity index (χ2v) is 8.85. The van der Waals surface area contributed by atoms with E-state index in [0.29, 0.717) is 51.9 Å². The lowest BCUT2D eigenvalue weighted by atomic mass is 9.92. The van der Waals surface area contributed by atoms with E-state index in [4.69, 9.17) is 0 Å². The van der Waals surface area contributed by atoms with Crippen molar-refractivity contribution in [2.75, 3.05) is 39.0 Å². The van der Waals surface area contributed by atoms with Crippen LogP contribution in [0.3, 0.4) is 0 Å². The van der Waals surface area contributed by atoms with E-state index >= 15 is 0 Å². The number of alkyl halides is 3.